The summed E-state index contributed by atoms with van der Waals surface area (Å²) in [6, 6.07) is 9.58. The van der Waals surface area contributed by atoms with Gasteiger partial charge in [0.1, 0.15) is 5.75 Å². The van der Waals surface area contributed by atoms with Gasteiger partial charge < -0.3 is 14.8 Å². The maximum absolute atomic E-state index is 11.9. The van der Waals surface area contributed by atoms with Crippen LogP contribution in [0.4, 0.5) is 5.82 Å². The Morgan fingerprint density at radius 3 is 2.92 bits per heavy atom. The van der Waals surface area contributed by atoms with Crippen LogP contribution in [0.5, 0.6) is 5.75 Å². The third kappa shape index (κ3) is 4.81. The highest BCUT2D eigenvalue weighted by atomic mass is 16.5. The number of morpholine rings is 1. The van der Waals surface area contributed by atoms with Gasteiger partial charge in [0.25, 0.3) is 5.91 Å². The summed E-state index contributed by atoms with van der Waals surface area (Å²) in [6.45, 7) is 4.27. The predicted molar refractivity (Wildman–Crippen MR) is 89.9 cm³/mol. The molecule has 0 radical (unpaired) electrons. The minimum Gasteiger partial charge on any atom is -0.484 e. The predicted octanol–water partition coefficient (Wildman–Crippen LogP) is 1.27. The molecule has 1 aromatic heterocycles. The molecular weight excluding hydrogens is 308 g/mol. The molecule has 1 aliphatic heterocycles. The Balaban J connectivity index is 1.49. The number of aryl methyl sites for hydroxylation is 1. The van der Waals surface area contributed by atoms with Crippen LogP contribution in [0.1, 0.15) is 5.56 Å². The average molecular weight is 330 g/mol. The molecule has 0 unspecified atom stereocenters. The van der Waals surface area contributed by atoms with Gasteiger partial charge in [-0.2, -0.15) is 5.10 Å². The van der Waals surface area contributed by atoms with E-state index >= 15 is 0 Å². The van der Waals surface area contributed by atoms with Crippen LogP contribution in [0.25, 0.3) is 0 Å². The molecule has 0 bridgehead atoms. The van der Waals surface area contributed by atoms with E-state index in [-0.39, 0.29) is 12.5 Å². The molecule has 3 rings (SSSR count). The Bertz CT molecular complexity index is 680. The second kappa shape index (κ2) is 7.94. The zero-order chi connectivity index (χ0) is 16.8. The lowest BCUT2D eigenvalue weighted by Gasteiger charge is -2.26. The summed E-state index contributed by atoms with van der Waals surface area (Å²) in [4.78, 5) is 14.2. The van der Waals surface area contributed by atoms with E-state index in [1.807, 2.05) is 18.2 Å². The van der Waals surface area contributed by atoms with Gasteiger partial charge in [-0.25, -0.2) is 0 Å². The van der Waals surface area contributed by atoms with Crippen molar-refractivity contribution in [3.63, 3.8) is 0 Å². The molecule has 7 nitrogen and oxygen atoms in total. The van der Waals surface area contributed by atoms with Crippen molar-refractivity contribution in [1.29, 1.82) is 0 Å². The molecule has 2 aromatic rings. The van der Waals surface area contributed by atoms with Crippen LogP contribution < -0.4 is 10.1 Å². The van der Waals surface area contributed by atoms with Crippen LogP contribution in [-0.2, 0) is 23.1 Å². The second-order valence-electron chi connectivity index (χ2n) is 5.75. The second-order valence-corrected chi connectivity index (χ2v) is 5.75. The molecular formula is C17H22N4O3. The molecule has 7 heteroatoms. The molecule has 1 aliphatic rings. The number of aromatic nitrogens is 2. The van der Waals surface area contributed by atoms with E-state index in [0.29, 0.717) is 11.6 Å². The molecule has 0 atom stereocenters. The van der Waals surface area contributed by atoms with Crippen molar-refractivity contribution < 1.29 is 14.3 Å². The molecule has 0 saturated carbocycles. The zero-order valence-corrected chi connectivity index (χ0v) is 13.8. The molecule has 1 amide bonds. The molecule has 24 heavy (non-hydrogen) atoms. The van der Waals surface area contributed by atoms with Crippen molar-refractivity contribution in [2.75, 3.05) is 38.2 Å². The lowest BCUT2D eigenvalue weighted by molar-refractivity contribution is -0.118. The molecule has 1 aromatic carbocycles. The first-order chi connectivity index (χ1) is 11.7. The Kier molecular flexibility index (Phi) is 5.45. The van der Waals surface area contributed by atoms with Crippen molar-refractivity contribution in [2.45, 2.75) is 6.54 Å². The van der Waals surface area contributed by atoms with E-state index in [4.69, 9.17) is 9.47 Å². The first kappa shape index (κ1) is 16.5. The number of hydrogen-bond acceptors (Lipinski definition) is 5. The highest BCUT2D eigenvalue weighted by Gasteiger charge is 2.11. The molecule has 2 heterocycles. The highest BCUT2D eigenvalue weighted by molar-refractivity contribution is 5.90. The van der Waals surface area contributed by atoms with Gasteiger partial charge in [0.05, 0.1) is 13.2 Å². The topological polar surface area (TPSA) is 68.6 Å². The van der Waals surface area contributed by atoms with Crippen molar-refractivity contribution in [3.05, 3.63) is 42.1 Å². The van der Waals surface area contributed by atoms with E-state index in [1.165, 1.54) is 5.56 Å². The third-order valence-corrected chi connectivity index (χ3v) is 3.76. The number of carbonyl (C=O) groups is 1. The Morgan fingerprint density at radius 2 is 2.17 bits per heavy atom. The van der Waals surface area contributed by atoms with Gasteiger partial charge in [0, 0.05) is 38.9 Å². The molecule has 0 aliphatic carbocycles. The van der Waals surface area contributed by atoms with Gasteiger partial charge in [0.2, 0.25) is 0 Å². The van der Waals surface area contributed by atoms with Gasteiger partial charge in [-0.15, -0.1) is 0 Å². The number of anilines is 1. The Hall–Kier alpha value is -2.38. The van der Waals surface area contributed by atoms with Gasteiger partial charge in [-0.05, 0) is 17.7 Å². The fourth-order valence-corrected chi connectivity index (χ4v) is 2.56. The smallest absolute Gasteiger partial charge is 0.263 e. The molecule has 0 spiro atoms. The van der Waals surface area contributed by atoms with E-state index in [2.05, 4.69) is 21.4 Å². The van der Waals surface area contributed by atoms with Gasteiger partial charge in [-0.3, -0.25) is 14.4 Å². The largest absolute Gasteiger partial charge is 0.484 e. The number of nitrogens with zero attached hydrogens (tertiary/aromatic N) is 3. The van der Waals surface area contributed by atoms with Crippen LogP contribution in [0.3, 0.4) is 0 Å². The lowest BCUT2D eigenvalue weighted by atomic mass is 10.2. The van der Waals surface area contributed by atoms with Crippen LogP contribution in [-0.4, -0.2) is 53.5 Å². The fourth-order valence-electron chi connectivity index (χ4n) is 2.56. The summed E-state index contributed by atoms with van der Waals surface area (Å²) in [7, 11) is 1.80. The average Bonchev–Trinajstić information content (AvgIpc) is 2.99. The fraction of sp³-hybridized carbons (Fsp3) is 0.412. The first-order valence-corrected chi connectivity index (χ1v) is 8.00. The maximum atomic E-state index is 11.9. The SMILES string of the molecule is Cn1ccc(NC(=O)COc2cccc(CN3CCOCC3)c2)n1. The lowest BCUT2D eigenvalue weighted by Crippen LogP contribution is -2.35. The number of benzene rings is 1. The standard InChI is InChI=1S/C17H22N4O3/c1-20-6-5-16(19-20)18-17(22)13-24-15-4-2-3-14(11-15)12-21-7-9-23-10-8-21/h2-6,11H,7-10,12-13H2,1H3,(H,18,19,22). The number of amides is 1. The molecule has 1 fully saturated rings. The molecule has 1 N–H and O–H groups in total. The van der Waals surface area contributed by atoms with Crippen molar-refractivity contribution in [2.24, 2.45) is 7.05 Å². The third-order valence-electron chi connectivity index (χ3n) is 3.76. The zero-order valence-electron chi connectivity index (χ0n) is 13.8. The van der Waals surface area contributed by atoms with E-state index in [0.717, 1.165) is 32.8 Å². The summed E-state index contributed by atoms with van der Waals surface area (Å²) in [6.07, 6.45) is 1.77. The van der Waals surface area contributed by atoms with Crippen LogP contribution in [0.15, 0.2) is 36.5 Å². The summed E-state index contributed by atoms with van der Waals surface area (Å²) in [5, 5.41) is 6.79. The van der Waals surface area contributed by atoms with E-state index in [9.17, 15) is 4.79 Å². The molecule has 128 valence electrons. The quantitative estimate of drug-likeness (QED) is 0.864. The number of rotatable bonds is 6. The summed E-state index contributed by atoms with van der Waals surface area (Å²) < 4.78 is 12.6. The normalized spacial score (nSPS) is 15.2. The van der Waals surface area contributed by atoms with Crippen molar-refractivity contribution in [3.8, 4) is 5.75 Å². The summed E-state index contributed by atoms with van der Waals surface area (Å²) in [5.41, 5.74) is 1.17. The monoisotopic (exact) mass is 330 g/mol. The van der Waals surface area contributed by atoms with Crippen molar-refractivity contribution in [1.82, 2.24) is 14.7 Å². The van der Waals surface area contributed by atoms with Crippen LogP contribution >= 0.6 is 0 Å². The number of nitrogens with one attached hydrogen (secondary N) is 1. The van der Waals surface area contributed by atoms with Gasteiger partial charge in [0.15, 0.2) is 12.4 Å². The maximum Gasteiger partial charge on any atom is 0.263 e. The Morgan fingerprint density at radius 1 is 1.33 bits per heavy atom. The minimum atomic E-state index is -0.229. The summed E-state index contributed by atoms with van der Waals surface area (Å²) in [5.74, 6) is 0.983. The van der Waals surface area contributed by atoms with Crippen LogP contribution in [0, 0.1) is 0 Å². The Labute approximate surface area is 141 Å². The van der Waals surface area contributed by atoms with Crippen LogP contribution in [0.2, 0.25) is 0 Å². The minimum absolute atomic E-state index is 0.0441. The van der Waals surface area contributed by atoms with Crippen molar-refractivity contribution >= 4 is 11.7 Å². The van der Waals surface area contributed by atoms with Gasteiger partial charge >= 0.3 is 0 Å². The number of carbonyl (C=O) groups excluding carboxylic acids is 1. The van der Waals surface area contributed by atoms with Gasteiger partial charge in [-0.1, -0.05) is 12.1 Å². The molecule has 1 saturated heterocycles. The van der Waals surface area contributed by atoms with E-state index < -0.39 is 0 Å². The highest BCUT2D eigenvalue weighted by Crippen LogP contribution is 2.15. The number of hydrogen-bond donors (Lipinski definition) is 1. The van der Waals surface area contributed by atoms with E-state index in [1.54, 1.807) is 24.0 Å². The number of ether oxygens (including phenoxy) is 2. The first-order valence-electron chi connectivity index (χ1n) is 8.00. The summed E-state index contributed by atoms with van der Waals surface area (Å²) >= 11 is 0.